The van der Waals surface area contributed by atoms with E-state index in [-0.39, 0.29) is 5.91 Å². The minimum absolute atomic E-state index is 0.232. The molecule has 0 aromatic carbocycles. The molecule has 0 spiro atoms. The summed E-state index contributed by atoms with van der Waals surface area (Å²) in [5.74, 6) is 1.59. The highest BCUT2D eigenvalue weighted by molar-refractivity contribution is 5.77. The molecule has 1 fully saturated rings. The standard InChI is InChI=1S/C12H21NO/c1-5-13-10(4)8-11(9(2)3)6-7-12(13)14/h5,9-11H,1,6-8H2,2-4H3. The molecule has 0 radical (unpaired) electrons. The highest BCUT2D eigenvalue weighted by Gasteiger charge is 2.27. The van der Waals surface area contributed by atoms with Gasteiger partial charge in [0.25, 0.3) is 0 Å². The Kier molecular flexibility index (Phi) is 3.73. The highest BCUT2D eigenvalue weighted by atomic mass is 16.2. The third-order valence-corrected chi connectivity index (χ3v) is 3.28. The van der Waals surface area contributed by atoms with E-state index in [9.17, 15) is 4.79 Å². The molecule has 2 atom stereocenters. The molecule has 0 aromatic heterocycles. The van der Waals surface area contributed by atoms with Crippen molar-refractivity contribution >= 4 is 5.91 Å². The summed E-state index contributed by atoms with van der Waals surface area (Å²) in [6, 6.07) is 0.315. The Balaban J connectivity index is 2.72. The zero-order valence-corrected chi connectivity index (χ0v) is 9.49. The molecule has 0 N–H and O–H groups in total. The second-order valence-electron chi connectivity index (χ2n) is 4.61. The van der Waals surface area contributed by atoms with Gasteiger partial charge in [-0.15, -0.1) is 0 Å². The summed E-state index contributed by atoms with van der Waals surface area (Å²) in [5.41, 5.74) is 0. The van der Waals surface area contributed by atoms with E-state index in [1.54, 1.807) is 11.1 Å². The van der Waals surface area contributed by atoms with Crippen molar-refractivity contribution in [1.29, 1.82) is 0 Å². The van der Waals surface area contributed by atoms with Crippen molar-refractivity contribution in [3.05, 3.63) is 12.8 Å². The Hall–Kier alpha value is -0.790. The molecule has 1 rings (SSSR count). The van der Waals surface area contributed by atoms with E-state index in [2.05, 4.69) is 27.4 Å². The van der Waals surface area contributed by atoms with E-state index < -0.39 is 0 Å². The lowest BCUT2D eigenvalue weighted by Gasteiger charge is -2.25. The predicted molar refractivity (Wildman–Crippen MR) is 58.7 cm³/mol. The van der Waals surface area contributed by atoms with Crippen LogP contribution in [0.4, 0.5) is 0 Å². The molecule has 80 valence electrons. The van der Waals surface area contributed by atoms with Crippen LogP contribution >= 0.6 is 0 Å². The van der Waals surface area contributed by atoms with E-state index in [0.29, 0.717) is 24.3 Å². The lowest BCUT2D eigenvalue weighted by atomic mass is 9.87. The third kappa shape index (κ3) is 2.37. The Morgan fingerprint density at radius 3 is 2.71 bits per heavy atom. The summed E-state index contributed by atoms with van der Waals surface area (Å²) in [7, 11) is 0. The van der Waals surface area contributed by atoms with Crippen LogP contribution in [0, 0.1) is 11.8 Å². The van der Waals surface area contributed by atoms with Crippen LogP contribution in [-0.4, -0.2) is 16.8 Å². The molecule has 1 saturated heterocycles. The highest BCUT2D eigenvalue weighted by Crippen LogP contribution is 2.28. The first-order valence-electron chi connectivity index (χ1n) is 5.50. The smallest absolute Gasteiger partial charge is 0.226 e. The molecular formula is C12H21NO. The molecule has 2 unspecified atom stereocenters. The van der Waals surface area contributed by atoms with Crippen molar-refractivity contribution < 1.29 is 4.79 Å². The van der Waals surface area contributed by atoms with Crippen molar-refractivity contribution in [2.24, 2.45) is 11.8 Å². The molecule has 1 aliphatic rings. The van der Waals surface area contributed by atoms with Crippen LogP contribution in [0.25, 0.3) is 0 Å². The molecule has 0 saturated carbocycles. The van der Waals surface area contributed by atoms with Gasteiger partial charge in [0, 0.05) is 12.5 Å². The van der Waals surface area contributed by atoms with E-state index in [1.807, 2.05) is 0 Å². The number of likely N-dealkylation sites (tertiary alicyclic amines) is 1. The fourth-order valence-electron chi connectivity index (χ4n) is 2.24. The first kappa shape index (κ1) is 11.3. The first-order chi connectivity index (χ1) is 6.56. The molecule has 14 heavy (non-hydrogen) atoms. The largest absolute Gasteiger partial charge is 0.317 e. The van der Waals surface area contributed by atoms with Gasteiger partial charge in [-0.1, -0.05) is 20.4 Å². The van der Waals surface area contributed by atoms with Gasteiger partial charge in [0.2, 0.25) is 5.91 Å². The summed E-state index contributed by atoms with van der Waals surface area (Å²) in [4.78, 5) is 13.5. The van der Waals surface area contributed by atoms with Crippen molar-refractivity contribution in [3.8, 4) is 0 Å². The third-order valence-electron chi connectivity index (χ3n) is 3.28. The number of rotatable bonds is 2. The molecule has 0 bridgehead atoms. The molecule has 0 aromatic rings. The second kappa shape index (κ2) is 4.63. The van der Waals surface area contributed by atoms with Gasteiger partial charge in [0.15, 0.2) is 0 Å². The lowest BCUT2D eigenvalue weighted by Crippen LogP contribution is -2.32. The van der Waals surface area contributed by atoms with Crippen LogP contribution in [-0.2, 0) is 4.79 Å². The van der Waals surface area contributed by atoms with Gasteiger partial charge >= 0.3 is 0 Å². The van der Waals surface area contributed by atoms with Crippen LogP contribution in [0.15, 0.2) is 12.8 Å². The molecular weight excluding hydrogens is 174 g/mol. The monoisotopic (exact) mass is 195 g/mol. The summed E-state index contributed by atoms with van der Waals surface area (Å²) < 4.78 is 0. The zero-order valence-electron chi connectivity index (χ0n) is 9.49. The van der Waals surface area contributed by atoms with Crippen molar-refractivity contribution in [1.82, 2.24) is 4.90 Å². The van der Waals surface area contributed by atoms with E-state index in [0.717, 1.165) is 12.8 Å². The second-order valence-corrected chi connectivity index (χ2v) is 4.61. The van der Waals surface area contributed by atoms with Gasteiger partial charge in [-0.05, 0) is 37.8 Å². The van der Waals surface area contributed by atoms with E-state index in [1.165, 1.54) is 0 Å². The van der Waals surface area contributed by atoms with E-state index in [4.69, 9.17) is 0 Å². The lowest BCUT2D eigenvalue weighted by molar-refractivity contribution is -0.129. The first-order valence-corrected chi connectivity index (χ1v) is 5.50. The quantitative estimate of drug-likeness (QED) is 0.663. The van der Waals surface area contributed by atoms with Crippen LogP contribution in [0.2, 0.25) is 0 Å². The van der Waals surface area contributed by atoms with Gasteiger partial charge in [0.05, 0.1) is 0 Å². The maximum Gasteiger partial charge on any atom is 0.226 e. The summed E-state index contributed by atoms with van der Waals surface area (Å²) in [5, 5.41) is 0. The average Bonchev–Trinajstić information content (AvgIpc) is 2.25. The topological polar surface area (TPSA) is 20.3 Å². The maximum atomic E-state index is 11.7. The number of carbonyl (C=O) groups excluding carboxylic acids is 1. The van der Waals surface area contributed by atoms with Gasteiger partial charge in [-0.3, -0.25) is 4.79 Å². The zero-order chi connectivity index (χ0) is 10.7. The van der Waals surface area contributed by atoms with Crippen LogP contribution in [0.5, 0.6) is 0 Å². The Labute approximate surface area is 87.0 Å². The molecule has 2 nitrogen and oxygen atoms in total. The molecule has 0 aliphatic carbocycles. The fraction of sp³-hybridized carbons (Fsp3) is 0.750. The normalized spacial score (nSPS) is 29.1. The summed E-state index contributed by atoms with van der Waals surface area (Å²) in [6.45, 7) is 10.3. The van der Waals surface area contributed by atoms with Gasteiger partial charge in [-0.2, -0.15) is 0 Å². The number of hydrogen-bond donors (Lipinski definition) is 0. The van der Waals surface area contributed by atoms with E-state index >= 15 is 0 Å². The summed E-state index contributed by atoms with van der Waals surface area (Å²) in [6.07, 6.45) is 4.50. The number of carbonyl (C=O) groups is 1. The van der Waals surface area contributed by atoms with Gasteiger partial charge in [-0.25, -0.2) is 0 Å². The van der Waals surface area contributed by atoms with Crippen LogP contribution in [0.1, 0.15) is 40.0 Å². The molecule has 2 heteroatoms. The van der Waals surface area contributed by atoms with Crippen molar-refractivity contribution in [3.63, 3.8) is 0 Å². The van der Waals surface area contributed by atoms with Crippen LogP contribution in [0.3, 0.4) is 0 Å². The number of amides is 1. The molecule has 1 amide bonds. The van der Waals surface area contributed by atoms with Gasteiger partial charge in [0.1, 0.15) is 0 Å². The molecule has 1 heterocycles. The number of nitrogens with zero attached hydrogens (tertiary/aromatic N) is 1. The Morgan fingerprint density at radius 1 is 1.57 bits per heavy atom. The van der Waals surface area contributed by atoms with Crippen molar-refractivity contribution in [2.75, 3.05) is 0 Å². The maximum absolute atomic E-state index is 11.7. The van der Waals surface area contributed by atoms with Crippen LogP contribution < -0.4 is 0 Å². The Bertz CT molecular complexity index is 222. The fourth-order valence-corrected chi connectivity index (χ4v) is 2.24. The Morgan fingerprint density at radius 2 is 2.21 bits per heavy atom. The summed E-state index contributed by atoms with van der Waals surface area (Å²) >= 11 is 0. The average molecular weight is 195 g/mol. The minimum Gasteiger partial charge on any atom is -0.317 e. The minimum atomic E-state index is 0.232. The van der Waals surface area contributed by atoms with Gasteiger partial charge < -0.3 is 4.90 Å². The number of hydrogen-bond acceptors (Lipinski definition) is 1. The predicted octanol–water partition coefficient (Wildman–Crippen LogP) is 2.80. The van der Waals surface area contributed by atoms with Crippen molar-refractivity contribution in [2.45, 2.75) is 46.1 Å². The SMILES string of the molecule is C=CN1C(=O)CCC(C(C)C)CC1C. The molecule has 1 aliphatic heterocycles.